The molecule has 0 unspecified atom stereocenters. The van der Waals surface area contributed by atoms with Crippen molar-refractivity contribution < 1.29 is 0 Å². The third-order valence-corrected chi connectivity index (χ3v) is 4.58. The lowest BCUT2D eigenvalue weighted by Crippen LogP contribution is -2.11. The predicted octanol–water partition coefficient (Wildman–Crippen LogP) is 5.43. The molecule has 2 aromatic carbocycles. The Morgan fingerprint density at radius 3 is 2.25 bits per heavy atom. The van der Waals surface area contributed by atoms with Crippen molar-refractivity contribution in [1.29, 1.82) is 0 Å². The van der Waals surface area contributed by atoms with Gasteiger partial charge < -0.3 is 0 Å². The fraction of sp³-hybridized carbons (Fsp3) is 0.400. The van der Waals surface area contributed by atoms with Gasteiger partial charge in [-0.2, -0.15) is 0 Å². The van der Waals surface area contributed by atoms with Crippen LogP contribution in [-0.4, -0.2) is 0 Å². The molecule has 0 saturated carbocycles. The zero-order valence-corrected chi connectivity index (χ0v) is 13.0. The first-order valence-corrected chi connectivity index (χ1v) is 7.78. The normalized spacial score (nSPS) is 13.5. The highest BCUT2D eigenvalue weighted by Gasteiger charge is 2.19. The molecule has 0 spiro atoms. The summed E-state index contributed by atoms with van der Waals surface area (Å²) in [7, 11) is 0. The van der Waals surface area contributed by atoms with Gasteiger partial charge in [0.25, 0.3) is 0 Å². The largest absolute Gasteiger partial charge is 0.0617 e. The summed E-state index contributed by atoms with van der Waals surface area (Å²) in [4.78, 5) is 0. The van der Waals surface area contributed by atoms with E-state index in [1.807, 2.05) is 0 Å². The van der Waals surface area contributed by atoms with Crippen LogP contribution in [0.1, 0.15) is 72.9 Å². The van der Waals surface area contributed by atoms with Gasteiger partial charge in [-0.15, -0.1) is 0 Å². The van der Waals surface area contributed by atoms with Gasteiger partial charge in [-0.25, -0.2) is 0 Å². The van der Waals surface area contributed by atoms with E-state index in [1.165, 1.54) is 27.8 Å². The third-order valence-electron chi connectivity index (χ3n) is 4.58. The highest BCUT2D eigenvalue weighted by molar-refractivity contribution is 5.50. The lowest BCUT2D eigenvalue weighted by atomic mass is 9.80. The van der Waals surface area contributed by atoms with E-state index < -0.39 is 0 Å². The van der Waals surface area contributed by atoms with E-state index >= 15 is 0 Å². The van der Waals surface area contributed by atoms with Gasteiger partial charge in [0.1, 0.15) is 0 Å². The Hall–Kier alpha value is -1.56. The molecule has 0 heterocycles. The summed E-state index contributed by atoms with van der Waals surface area (Å²) in [5.41, 5.74) is 9.16. The highest BCUT2D eigenvalue weighted by Crippen LogP contribution is 2.33. The van der Waals surface area contributed by atoms with Crippen molar-refractivity contribution in [1.82, 2.24) is 0 Å². The minimum absolute atomic E-state index is 0.612. The fourth-order valence-corrected chi connectivity index (χ4v) is 3.31. The molecule has 0 amide bonds. The van der Waals surface area contributed by atoms with E-state index in [1.54, 1.807) is 5.56 Å². The van der Waals surface area contributed by atoms with Gasteiger partial charge in [0.15, 0.2) is 0 Å². The number of benzene rings is 2. The maximum atomic E-state index is 2.42. The topological polar surface area (TPSA) is 0 Å². The van der Waals surface area contributed by atoms with Crippen LogP contribution in [0.5, 0.6) is 0 Å². The maximum Gasteiger partial charge on any atom is -0.00172 e. The fourth-order valence-electron chi connectivity index (χ4n) is 3.31. The quantitative estimate of drug-likeness (QED) is 0.579. The molecule has 1 aliphatic rings. The van der Waals surface area contributed by atoms with Gasteiger partial charge in [0.2, 0.25) is 0 Å². The summed E-state index contributed by atoms with van der Waals surface area (Å²) in [5, 5.41) is 0. The van der Waals surface area contributed by atoms with Crippen molar-refractivity contribution in [3.8, 4) is 0 Å². The first-order valence-electron chi connectivity index (χ1n) is 7.78. The van der Waals surface area contributed by atoms with Crippen molar-refractivity contribution in [2.75, 3.05) is 0 Å². The van der Waals surface area contributed by atoms with Gasteiger partial charge in [-0.1, -0.05) is 64.1 Å². The Bertz CT molecular complexity index is 632. The van der Waals surface area contributed by atoms with Crippen molar-refractivity contribution >= 4 is 0 Å². The van der Waals surface area contributed by atoms with Crippen LogP contribution >= 0.6 is 0 Å². The summed E-state index contributed by atoms with van der Waals surface area (Å²) in [6.07, 6.45) is 2.21. The predicted molar refractivity (Wildman–Crippen MR) is 86.7 cm³/mol. The molecule has 0 heteroatoms. The molecule has 0 fully saturated rings. The van der Waals surface area contributed by atoms with E-state index in [4.69, 9.17) is 0 Å². The molecule has 0 radical (unpaired) electrons. The van der Waals surface area contributed by atoms with Gasteiger partial charge >= 0.3 is 0 Å². The molecule has 0 saturated heterocycles. The molecule has 0 aromatic heterocycles. The second kappa shape index (κ2) is 5.09. The Morgan fingerprint density at radius 1 is 0.750 bits per heavy atom. The van der Waals surface area contributed by atoms with Crippen LogP contribution in [0.15, 0.2) is 36.4 Å². The summed E-state index contributed by atoms with van der Waals surface area (Å²) in [6.45, 7) is 9.14. The number of fused-ring (bicyclic) bond motifs is 2. The van der Waals surface area contributed by atoms with E-state index in [0.717, 1.165) is 12.8 Å². The summed E-state index contributed by atoms with van der Waals surface area (Å²) < 4.78 is 0. The van der Waals surface area contributed by atoms with Gasteiger partial charge in [-0.05, 0) is 58.1 Å². The number of hydrogen-bond donors (Lipinski definition) is 0. The second-order valence-corrected chi connectivity index (χ2v) is 6.68. The van der Waals surface area contributed by atoms with Crippen LogP contribution < -0.4 is 0 Å². The van der Waals surface area contributed by atoms with Crippen LogP contribution in [0.3, 0.4) is 0 Å². The monoisotopic (exact) mass is 264 g/mol. The molecule has 104 valence electrons. The Morgan fingerprint density at radius 2 is 1.55 bits per heavy atom. The average Bonchev–Trinajstić information content (AvgIpc) is 2.43. The van der Waals surface area contributed by atoms with E-state index in [0.29, 0.717) is 11.8 Å². The Kier molecular flexibility index (Phi) is 3.41. The van der Waals surface area contributed by atoms with Crippen LogP contribution in [0.2, 0.25) is 0 Å². The molecule has 0 aliphatic heterocycles. The minimum atomic E-state index is 0.612. The SMILES string of the molecule is CC(C)c1ccc2c(c1)Cc1cccc(C(C)C)c1C2. The van der Waals surface area contributed by atoms with Crippen molar-refractivity contribution in [3.05, 3.63) is 69.8 Å². The maximum absolute atomic E-state index is 2.42. The number of hydrogen-bond acceptors (Lipinski definition) is 0. The Balaban J connectivity index is 2.04. The zero-order chi connectivity index (χ0) is 14.3. The molecule has 0 bridgehead atoms. The lowest BCUT2D eigenvalue weighted by molar-refractivity contribution is 0.827. The highest BCUT2D eigenvalue weighted by atomic mass is 14.2. The molecule has 0 nitrogen and oxygen atoms in total. The van der Waals surface area contributed by atoms with Crippen LogP contribution in [-0.2, 0) is 12.8 Å². The van der Waals surface area contributed by atoms with E-state index in [-0.39, 0.29) is 0 Å². The smallest absolute Gasteiger partial charge is 0.00172 e. The van der Waals surface area contributed by atoms with Gasteiger partial charge in [0.05, 0.1) is 0 Å². The van der Waals surface area contributed by atoms with E-state index in [2.05, 4.69) is 64.1 Å². The van der Waals surface area contributed by atoms with Crippen LogP contribution in [0, 0.1) is 0 Å². The van der Waals surface area contributed by atoms with Crippen LogP contribution in [0.25, 0.3) is 0 Å². The number of rotatable bonds is 2. The third kappa shape index (κ3) is 2.28. The summed E-state index contributed by atoms with van der Waals surface area (Å²) in [5.74, 6) is 1.23. The lowest BCUT2D eigenvalue weighted by Gasteiger charge is -2.25. The van der Waals surface area contributed by atoms with Gasteiger partial charge in [-0.3, -0.25) is 0 Å². The standard InChI is InChI=1S/C20H24/c1-13(2)15-8-9-16-12-20-17(11-18(16)10-15)6-5-7-19(20)14(3)4/h5-10,13-14H,11-12H2,1-4H3. The zero-order valence-electron chi connectivity index (χ0n) is 13.0. The van der Waals surface area contributed by atoms with Crippen molar-refractivity contribution in [2.45, 2.75) is 52.4 Å². The second-order valence-electron chi connectivity index (χ2n) is 6.68. The summed E-state index contributed by atoms with van der Waals surface area (Å²) in [6, 6.07) is 13.9. The molecule has 1 aliphatic carbocycles. The van der Waals surface area contributed by atoms with E-state index in [9.17, 15) is 0 Å². The molecule has 20 heavy (non-hydrogen) atoms. The van der Waals surface area contributed by atoms with Crippen LogP contribution in [0.4, 0.5) is 0 Å². The Labute approximate surface area is 122 Å². The minimum Gasteiger partial charge on any atom is -0.0617 e. The van der Waals surface area contributed by atoms with Crippen molar-refractivity contribution in [3.63, 3.8) is 0 Å². The first-order chi connectivity index (χ1) is 9.56. The molecule has 0 atom stereocenters. The molecule has 3 rings (SSSR count). The first kappa shape index (κ1) is 13.4. The van der Waals surface area contributed by atoms with Crippen molar-refractivity contribution in [2.24, 2.45) is 0 Å². The van der Waals surface area contributed by atoms with Gasteiger partial charge in [0, 0.05) is 0 Å². The molecular formula is C20H24. The summed E-state index contributed by atoms with van der Waals surface area (Å²) >= 11 is 0. The molecule has 0 N–H and O–H groups in total. The molecule has 2 aromatic rings. The average molecular weight is 264 g/mol. The molecular weight excluding hydrogens is 240 g/mol.